The predicted octanol–water partition coefficient (Wildman–Crippen LogP) is 6.70. The topological polar surface area (TPSA) is 0 Å². The Morgan fingerprint density at radius 3 is 0.909 bits per heavy atom. The van der Waals surface area contributed by atoms with E-state index in [4.69, 9.17) is 0 Å². The van der Waals surface area contributed by atoms with Gasteiger partial charge < -0.3 is 0 Å². The lowest BCUT2D eigenvalue weighted by Crippen LogP contribution is -1.97. The van der Waals surface area contributed by atoms with Crippen molar-refractivity contribution in [3.05, 3.63) is 68.9 Å². The summed E-state index contributed by atoms with van der Waals surface area (Å²) >= 11 is 0. The maximum absolute atomic E-state index is 2.34. The van der Waals surface area contributed by atoms with E-state index in [1.165, 1.54) is 44.6 Å². The standard InChI is InChI=1S/C22H30/c1-13-14(2)18(6)21(17(13)5)11-9-10-12-22-19(7)15(3)16(4)20(22)8/h9-12,21-22H,1-8H3/b11-9+,12-10+. The Bertz CT molecular complexity index is 561. The highest BCUT2D eigenvalue weighted by molar-refractivity contribution is 5.50. The van der Waals surface area contributed by atoms with Gasteiger partial charge >= 0.3 is 0 Å². The Balaban J connectivity index is 2.12. The van der Waals surface area contributed by atoms with Crippen LogP contribution >= 0.6 is 0 Å². The van der Waals surface area contributed by atoms with Crippen molar-refractivity contribution in [2.45, 2.75) is 55.4 Å². The minimum Gasteiger partial charge on any atom is -0.0733 e. The fraction of sp³-hybridized carbons (Fsp3) is 0.455. The van der Waals surface area contributed by atoms with E-state index in [0.29, 0.717) is 11.8 Å². The molecule has 0 aromatic heterocycles. The summed E-state index contributed by atoms with van der Waals surface area (Å²) in [6.07, 6.45) is 9.14. The number of hydrogen-bond acceptors (Lipinski definition) is 0. The Morgan fingerprint density at radius 2 is 0.682 bits per heavy atom. The average molecular weight is 294 g/mol. The molecule has 0 atom stereocenters. The van der Waals surface area contributed by atoms with Crippen LogP contribution in [0, 0.1) is 11.8 Å². The molecule has 0 aromatic rings. The van der Waals surface area contributed by atoms with Crippen LogP contribution in [0.15, 0.2) is 68.9 Å². The zero-order chi connectivity index (χ0) is 16.6. The molecule has 0 heterocycles. The highest BCUT2D eigenvalue weighted by atomic mass is 14.3. The van der Waals surface area contributed by atoms with Gasteiger partial charge in [-0.15, -0.1) is 0 Å². The third-order valence-corrected chi connectivity index (χ3v) is 6.08. The number of allylic oxidation sites excluding steroid dienone is 12. The van der Waals surface area contributed by atoms with Crippen molar-refractivity contribution in [3.8, 4) is 0 Å². The Morgan fingerprint density at radius 1 is 0.455 bits per heavy atom. The fourth-order valence-electron chi connectivity index (χ4n) is 3.69. The first kappa shape index (κ1) is 16.8. The molecule has 0 aromatic carbocycles. The molecule has 0 unspecified atom stereocenters. The Labute approximate surface area is 136 Å². The van der Waals surface area contributed by atoms with Crippen LogP contribution in [-0.4, -0.2) is 0 Å². The van der Waals surface area contributed by atoms with E-state index in [2.05, 4.69) is 79.7 Å². The molecule has 22 heavy (non-hydrogen) atoms. The molecule has 0 bridgehead atoms. The second-order valence-corrected chi connectivity index (χ2v) is 6.96. The smallest absolute Gasteiger partial charge is 0.0196 e. The minimum absolute atomic E-state index is 0.491. The lowest BCUT2D eigenvalue weighted by molar-refractivity contribution is 0.902. The van der Waals surface area contributed by atoms with Gasteiger partial charge in [0.2, 0.25) is 0 Å². The normalized spacial score (nSPS) is 22.0. The largest absolute Gasteiger partial charge is 0.0733 e. The van der Waals surface area contributed by atoms with Gasteiger partial charge in [-0.1, -0.05) is 46.6 Å². The van der Waals surface area contributed by atoms with Crippen LogP contribution in [0.3, 0.4) is 0 Å². The lowest BCUT2D eigenvalue weighted by Gasteiger charge is -2.10. The zero-order valence-corrected chi connectivity index (χ0v) is 15.5. The van der Waals surface area contributed by atoms with Crippen LogP contribution in [0.5, 0.6) is 0 Å². The van der Waals surface area contributed by atoms with E-state index in [1.807, 2.05) is 0 Å². The van der Waals surface area contributed by atoms with Crippen LogP contribution in [0.2, 0.25) is 0 Å². The molecule has 0 N–H and O–H groups in total. The molecule has 0 saturated carbocycles. The SMILES string of the molecule is CC1=C(C)C(/C=C/C=C/C2C(C)=C(C)C(C)=C2C)C(C)=C1C. The molecular formula is C22H30. The predicted molar refractivity (Wildman–Crippen MR) is 98.8 cm³/mol. The lowest BCUT2D eigenvalue weighted by atomic mass is 9.95. The van der Waals surface area contributed by atoms with Crippen molar-refractivity contribution >= 4 is 0 Å². The minimum atomic E-state index is 0.491. The van der Waals surface area contributed by atoms with Gasteiger partial charge in [0.1, 0.15) is 0 Å². The summed E-state index contributed by atoms with van der Waals surface area (Å²) in [5, 5.41) is 0. The van der Waals surface area contributed by atoms with Crippen molar-refractivity contribution in [1.82, 2.24) is 0 Å². The second-order valence-electron chi connectivity index (χ2n) is 6.96. The van der Waals surface area contributed by atoms with Crippen molar-refractivity contribution in [1.29, 1.82) is 0 Å². The third kappa shape index (κ3) is 2.72. The van der Waals surface area contributed by atoms with E-state index in [-0.39, 0.29) is 0 Å². The first-order valence-electron chi connectivity index (χ1n) is 8.32. The van der Waals surface area contributed by atoms with Gasteiger partial charge in [0, 0.05) is 11.8 Å². The molecule has 118 valence electrons. The van der Waals surface area contributed by atoms with Gasteiger partial charge in [-0.25, -0.2) is 0 Å². The Hall–Kier alpha value is -1.56. The van der Waals surface area contributed by atoms with Crippen molar-refractivity contribution in [2.24, 2.45) is 11.8 Å². The monoisotopic (exact) mass is 294 g/mol. The van der Waals surface area contributed by atoms with E-state index in [0.717, 1.165) is 0 Å². The summed E-state index contributed by atoms with van der Waals surface area (Å²) in [6.45, 7) is 18.0. The number of rotatable bonds is 3. The molecule has 0 fully saturated rings. The Kier molecular flexibility index (Phi) is 4.80. The van der Waals surface area contributed by atoms with Crippen LogP contribution in [0.1, 0.15) is 55.4 Å². The highest BCUT2D eigenvalue weighted by Gasteiger charge is 2.22. The molecule has 0 aliphatic heterocycles. The highest BCUT2D eigenvalue weighted by Crippen LogP contribution is 2.38. The first-order valence-corrected chi connectivity index (χ1v) is 8.32. The van der Waals surface area contributed by atoms with Crippen molar-refractivity contribution < 1.29 is 0 Å². The molecule has 2 aliphatic rings. The summed E-state index contributed by atoms with van der Waals surface area (Å²) < 4.78 is 0. The van der Waals surface area contributed by atoms with Crippen molar-refractivity contribution in [3.63, 3.8) is 0 Å². The summed E-state index contributed by atoms with van der Waals surface area (Å²) in [7, 11) is 0. The van der Waals surface area contributed by atoms with Crippen LogP contribution in [0.4, 0.5) is 0 Å². The molecule has 0 spiro atoms. The van der Waals surface area contributed by atoms with Gasteiger partial charge in [-0.05, 0) is 77.7 Å². The zero-order valence-electron chi connectivity index (χ0n) is 15.5. The van der Waals surface area contributed by atoms with Crippen LogP contribution < -0.4 is 0 Å². The van der Waals surface area contributed by atoms with E-state index in [9.17, 15) is 0 Å². The summed E-state index contributed by atoms with van der Waals surface area (Å²) in [6, 6.07) is 0. The molecule has 2 rings (SSSR count). The van der Waals surface area contributed by atoms with Gasteiger partial charge in [-0.2, -0.15) is 0 Å². The van der Waals surface area contributed by atoms with Gasteiger partial charge in [0.05, 0.1) is 0 Å². The summed E-state index contributed by atoms with van der Waals surface area (Å²) in [4.78, 5) is 0. The molecule has 0 nitrogen and oxygen atoms in total. The molecule has 2 aliphatic carbocycles. The summed E-state index contributed by atoms with van der Waals surface area (Å²) in [5.41, 5.74) is 11.9. The number of hydrogen-bond donors (Lipinski definition) is 0. The van der Waals surface area contributed by atoms with Crippen molar-refractivity contribution in [2.75, 3.05) is 0 Å². The van der Waals surface area contributed by atoms with Crippen LogP contribution in [0.25, 0.3) is 0 Å². The maximum Gasteiger partial charge on any atom is 0.0196 e. The molecule has 0 amide bonds. The molecule has 0 heteroatoms. The van der Waals surface area contributed by atoms with Gasteiger partial charge in [0.15, 0.2) is 0 Å². The molecular weight excluding hydrogens is 264 g/mol. The molecule has 0 radical (unpaired) electrons. The quantitative estimate of drug-likeness (QED) is 0.508. The van der Waals surface area contributed by atoms with E-state index >= 15 is 0 Å². The third-order valence-electron chi connectivity index (χ3n) is 6.08. The van der Waals surface area contributed by atoms with Gasteiger partial charge in [0.25, 0.3) is 0 Å². The average Bonchev–Trinajstić information content (AvgIpc) is 2.79. The maximum atomic E-state index is 2.34. The van der Waals surface area contributed by atoms with E-state index < -0.39 is 0 Å². The second kappa shape index (κ2) is 6.28. The van der Waals surface area contributed by atoms with E-state index in [1.54, 1.807) is 0 Å². The van der Waals surface area contributed by atoms with Gasteiger partial charge in [-0.3, -0.25) is 0 Å². The molecule has 0 saturated heterocycles. The summed E-state index contributed by atoms with van der Waals surface area (Å²) in [5.74, 6) is 0.981. The van der Waals surface area contributed by atoms with Crippen LogP contribution in [-0.2, 0) is 0 Å². The fourth-order valence-corrected chi connectivity index (χ4v) is 3.69. The first-order chi connectivity index (χ1) is 10.3.